The molecule has 0 saturated carbocycles. The lowest BCUT2D eigenvalue weighted by molar-refractivity contribution is -0.171. The summed E-state index contributed by atoms with van der Waals surface area (Å²) < 4.78 is 5.37. The predicted octanol–water partition coefficient (Wildman–Crippen LogP) is -2.24. The van der Waals surface area contributed by atoms with Crippen LogP contribution in [0.3, 0.4) is 0 Å². The molecule has 0 aromatic heterocycles. The molecule has 0 radical (unpaired) electrons. The predicted molar refractivity (Wildman–Crippen MR) is 64.5 cm³/mol. The number of primary amides is 1. The van der Waals surface area contributed by atoms with Gasteiger partial charge in [-0.3, -0.25) is 24.2 Å². The van der Waals surface area contributed by atoms with Gasteiger partial charge in [-0.15, -0.1) is 0 Å². The van der Waals surface area contributed by atoms with E-state index in [4.69, 9.17) is 10.5 Å². The summed E-state index contributed by atoms with van der Waals surface area (Å²) in [6.45, 7) is 2.07. The van der Waals surface area contributed by atoms with E-state index in [1.54, 1.807) is 11.8 Å². The first-order valence-electron chi connectivity index (χ1n) is 6.32. The number of fused-ring (bicyclic) bond motifs is 2. The molecule has 3 aliphatic heterocycles. The van der Waals surface area contributed by atoms with Crippen LogP contribution in [0.1, 0.15) is 6.92 Å². The number of aliphatic hydroxyl groups is 1. The van der Waals surface area contributed by atoms with E-state index >= 15 is 0 Å². The number of hydrogen-bond acceptors (Lipinski definition) is 6. The molecule has 4 unspecified atom stereocenters. The first-order chi connectivity index (χ1) is 9.41. The normalized spacial score (nSPS) is 37.1. The summed E-state index contributed by atoms with van der Waals surface area (Å²) in [5, 5.41) is 10.1. The van der Waals surface area contributed by atoms with Crippen LogP contribution in [0.2, 0.25) is 0 Å². The van der Waals surface area contributed by atoms with Crippen LogP contribution in [0.15, 0.2) is 12.0 Å². The highest BCUT2D eigenvalue weighted by Crippen LogP contribution is 2.32. The van der Waals surface area contributed by atoms with Crippen LogP contribution in [0.25, 0.3) is 0 Å². The van der Waals surface area contributed by atoms with Gasteiger partial charge in [0.25, 0.3) is 0 Å². The van der Waals surface area contributed by atoms with Crippen LogP contribution < -0.4 is 5.73 Å². The number of nitrogens with zero attached hydrogens (tertiary/aromatic N) is 2. The summed E-state index contributed by atoms with van der Waals surface area (Å²) >= 11 is 0. The Hall–Kier alpha value is -1.93. The zero-order chi connectivity index (χ0) is 14.6. The van der Waals surface area contributed by atoms with Crippen molar-refractivity contribution in [1.82, 2.24) is 9.80 Å². The van der Waals surface area contributed by atoms with Gasteiger partial charge in [0.05, 0.1) is 12.2 Å². The zero-order valence-corrected chi connectivity index (χ0v) is 10.9. The second-order valence-electron chi connectivity index (χ2n) is 5.26. The maximum absolute atomic E-state index is 12.4. The average Bonchev–Trinajstić information content (AvgIpc) is 2.75. The van der Waals surface area contributed by atoms with Gasteiger partial charge in [-0.2, -0.15) is 0 Å². The molecule has 2 saturated heterocycles. The van der Waals surface area contributed by atoms with Crippen LogP contribution >= 0.6 is 0 Å². The van der Waals surface area contributed by atoms with E-state index in [0.29, 0.717) is 12.2 Å². The molecule has 20 heavy (non-hydrogen) atoms. The molecule has 3 N–H and O–H groups in total. The lowest BCUT2D eigenvalue weighted by Gasteiger charge is -2.47. The first-order valence-corrected chi connectivity index (χ1v) is 6.32. The number of amides is 2. The summed E-state index contributed by atoms with van der Waals surface area (Å²) in [5.41, 5.74) is 5.81. The van der Waals surface area contributed by atoms with E-state index < -0.39 is 41.9 Å². The first kappa shape index (κ1) is 13.1. The van der Waals surface area contributed by atoms with Gasteiger partial charge in [0.2, 0.25) is 11.8 Å². The minimum Gasteiger partial charge on any atom is -0.474 e. The molecule has 0 aromatic carbocycles. The number of rotatable bonds is 1. The SMILES string of the molecule is CC1=COC2CN3CC(C(N)=O)C(=O)C(O)C3C(=O)N12. The number of ketones is 1. The van der Waals surface area contributed by atoms with Crippen molar-refractivity contribution in [2.45, 2.75) is 25.3 Å². The fraction of sp³-hybridized carbons (Fsp3) is 0.583. The number of allylic oxidation sites excluding steroid dienone is 1. The molecule has 108 valence electrons. The third-order valence-electron chi connectivity index (χ3n) is 4.03. The largest absolute Gasteiger partial charge is 0.474 e. The second kappa shape index (κ2) is 4.29. The van der Waals surface area contributed by atoms with E-state index in [1.165, 1.54) is 11.2 Å². The summed E-state index contributed by atoms with van der Waals surface area (Å²) in [4.78, 5) is 38.7. The van der Waals surface area contributed by atoms with Crippen molar-refractivity contribution < 1.29 is 24.2 Å². The zero-order valence-electron chi connectivity index (χ0n) is 10.9. The van der Waals surface area contributed by atoms with Gasteiger partial charge in [0.15, 0.2) is 12.0 Å². The Morgan fingerprint density at radius 1 is 1.45 bits per heavy atom. The smallest absolute Gasteiger partial charge is 0.250 e. The molecule has 0 bridgehead atoms. The Balaban J connectivity index is 1.91. The molecule has 8 heteroatoms. The molecule has 4 atom stereocenters. The highest BCUT2D eigenvalue weighted by atomic mass is 16.5. The van der Waals surface area contributed by atoms with Crippen LogP contribution in [0.4, 0.5) is 0 Å². The van der Waals surface area contributed by atoms with Gasteiger partial charge in [-0.25, -0.2) is 0 Å². The molecule has 3 heterocycles. The van der Waals surface area contributed by atoms with Gasteiger partial charge in [0.1, 0.15) is 24.3 Å². The summed E-state index contributed by atoms with van der Waals surface area (Å²) in [5.74, 6) is -2.95. The minimum absolute atomic E-state index is 0.0361. The second-order valence-corrected chi connectivity index (χ2v) is 5.26. The Bertz CT molecular complexity index is 531. The molecular formula is C12H15N3O5. The molecule has 3 aliphatic rings. The quantitative estimate of drug-likeness (QED) is 0.525. The van der Waals surface area contributed by atoms with Crippen molar-refractivity contribution in [3.05, 3.63) is 12.0 Å². The molecule has 0 spiro atoms. The molecule has 3 rings (SSSR count). The molecule has 8 nitrogen and oxygen atoms in total. The van der Waals surface area contributed by atoms with E-state index in [2.05, 4.69) is 0 Å². The maximum atomic E-state index is 12.4. The van der Waals surface area contributed by atoms with Crippen molar-refractivity contribution in [2.75, 3.05) is 13.1 Å². The maximum Gasteiger partial charge on any atom is 0.250 e. The molecular weight excluding hydrogens is 266 g/mol. The summed E-state index contributed by atoms with van der Waals surface area (Å²) in [6, 6.07) is -0.973. The van der Waals surface area contributed by atoms with Crippen LogP contribution in [0, 0.1) is 5.92 Å². The Morgan fingerprint density at radius 2 is 2.15 bits per heavy atom. The van der Waals surface area contributed by atoms with Crippen LogP contribution in [-0.2, 0) is 19.1 Å². The number of carbonyl (C=O) groups is 3. The number of piperidine rings is 1. The number of hydrogen-bond donors (Lipinski definition) is 2. The fourth-order valence-corrected chi connectivity index (χ4v) is 3.01. The van der Waals surface area contributed by atoms with Crippen molar-refractivity contribution >= 4 is 17.6 Å². The van der Waals surface area contributed by atoms with E-state index in [-0.39, 0.29) is 6.54 Å². The third kappa shape index (κ3) is 1.65. The molecule has 0 aromatic rings. The number of piperazine rings is 1. The van der Waals surface area contributed by atoms with Gasteiger partial charge < -0.3 is 15.6 Å². The number of aliphatic hydroxyl groups excluding tert-OH is 1. The van der Waals surface area contributed by atoms with E-state index in [1.807, 2.05) is 0 Å². The van der Waals surface area contributed by atoms with Crippen LogP contribution in [0.5, 0.6) is 0 Å². The fourth-order valence-electron chi connectivity index (χ4n) is 3.01. The number of ether oxygens (including phenoxy) is 1. The molecule has 0 aliphatic carbocycles. The standard InChI is InChI=1S/C12H15N3O5/c1-5-4-20-7-3-14-2-6(11(13)18)9(16)10(17)8(14)12(19)15(5)7/h4,6-8,10,17H,2-3H2,1H3,(H2,13,18). The molecule has 2 amide bonds. The topological polar surface area (TPSA) is 113 Å². The van der Waals surface area contributed by atoms with Crippen LogP contribution in [-0.4, -0.2) is 64.0 Å². The Kier molecular flexibility index (Phi) is 2.80. The van der Waals surface area contributed by atoms with E-state index in [0.717, 1.165) is 0 Å². The van der Waals surface area contributed by atoms with Gasteiger partial charge in [-0.1, -0.05) is 0 Å². The van der Waals surface area contributed by atoms with Gasteiger partial charge in [0, 0.05) is 6.54 Å². The van der Waals surface area contributed by atoms with Gasteiger partial charge >= 0.3 is 0 Å². The monoisotopic (exact) mass is 281 g/mol. The van der Waals surface area contributed by atoms with Crippen molar-refractivity contribution in [1.29, 1.82) is 0 Å². The van der Waals surface area contributed by atoms with E-state index in [9.17, 15) is 19.5 Å². The summed E-state index contributed by atoms with van der Waals surface area (Å²) in [7, 11) is 0. The lowest BCUT2D eigenvalue weighted by Crippen LogP contribution is -2.70. The van der Waals surface area contributed by atoms with Crippen molar-refractivity contribution in [3.8, 4) is 0 Å². The van der Waals surface area contributed by atoms with Gasteiger partial charge in [-0.05, 0) is 6.92 Å². The average molecular weight is 281 g/mol. The number of nitrogens with two attached hydrogens (primary N) is 1. The minimum atomic E-state index is -1.54. The highest BCUT2D eigenvalue weighted by molar-refractivity contribution is 6.06. The number of carbonyl (C=O) groups excluding carboxylic acids is 3. The number of Topliss-reactive ketones (excluding diaryl/α,β-unsaturated/α-hetero) is 1. The van der Waals surface area contributed by atoms with Crippen molar-refractivity contribution in [3.63, 3.8) is 0 Å². The Labute approximate surface area is 114 Å². The Morgan fingerprint density at radius 3 is 2.80 bits per heavy atom. The lowest BCUT2D eigenvalue weighted by atomic mass is 9.86. The summed E-state index contributed by atoms with van der Waals surface area (Å²) in [6.07, 6.45) is -0.545. The van der Waals surface area contributed by atoms with Crippen molar-refractivity contribution in [2.24, 2.45) is 11.7 Å². The third-order valence-corrected chi connectivity index (χ3v) is 4.03. The molecule has 2 fully saturated rings. The highest BCUT2D eigenvalue weighted by Gasteiger charge is 2.54.